The van der Waals surface area contributed by atoms with Gasteiger partial charge in [-0.25, -0.2) is 0 Å². The van der Waals surface area contributed by atoms with Gasteiger partial charge in [-0.15, -0.1) is 0 Å². The maximum absolute atomic E-state index is 8.81. The van der Waals surface area contributed by atoms with Gasteiger partial charge in [-0.05, 0) is 29.2 Å². The molecule has 2 rings (SSSR count). The molecule has 0 spiro atoms. The van der Waals surface area contributed by atoms with Gasteiger partial charge in [0, 0.05) is 0 Å². The summed E-state index contributed by atoms with van der Waals surface area (Å²) in [6.07, 6.45) is 0.463. The van der Waals surface area contributed by atoms with Crippen molar-refractivity contribution in [3.05, 3.63) is 59.7 Å². The van der Waals surface area contributed by atoms with E-state index in [9.17, 15) is 0 Å². The Bertz CT molecular complexity index is 535. The molecule has 0 aliphatic heterocycles. The van der Waals surface area contributed by atoms with Gasteiger partial charge in [-0.1, -0.05) is 48.5 Å². The zero-order chi connectivity index (χ0) is 11.4. The standard InChI is InChI=1S/C15H13N/c1-12-6-2-4-8-14(12)15-9-5-3-7-13(15)10-11-16/h2-9H,10H2,1H3. The van der Waals surface area contributed by atoms with Gasteiger partial charge in [-0.3, -0.25) is 0 Å². The average molecular weight is 207 g/mol. The van der Waals surface area contributed by atoms with Crippen LogP contribution in [0, 0.1) is 18.3 Å². The Hall–Kier alpha value is -2.07. The quantitative estimate of drug-likeness (QED) is 0.736. The fourth-order valence-corrected chi connectivity index (χ4v) is 1.90. The number of benzene rings is 2. The van der Waals surface area contributed by atoms with Crippen molar-refractivity contribution in [3.63, 3.8) is 0 Å². The minimum absolute atomic E-state index is 0.463. The molecule has 16 heavy (non-hydrogen) atoms. The van der Waals surface area contributed by atoms with E-state index in [-0.39, 0.29) is 0 Å². The highest BCUT2D eigenvalue weighted by molar-refractivity contribution is 5.70. The molecule has 1 nitrogen and oxygen atoms in total. The smallest absolute Gasteiger partial charge is 0.0669 e. The van der Waals surface area contributed by atoms with Gasteiger partial charge in [0.2, 0.25) is 0 Å². The molecular weight excluding hydrogens is 194 g/mol. The molecule has 0 heterocycles. The third kappa shape index (κ3) is 1.97. The first kappa shape index (κ1) is 10.4. The van der Waals surface area contributed by atoms with Crippen LogP contribution >= 0.6 is 0 Å². The second-order valence-corrected chi connectivity index (χ2v) is 3.81. The summed E-state index contributed by atoms with van der Waals surface area (Å²) in [4.78, 5) is 0. The normalized spacial score (nSPS) is 9.75. The van der Waals surface area contributed by atoms with E-state index >= 15 is 0 Å². The minimum atomic E-state index is 0.463. The van der Waals surface area contributed by atoms with Crippen molar-refractivity contribution >= 4 is 0 Å². The molecular formula is C15H13N. The molecule has 2 aromatic carbocycles. The third-order valence-corrected chi connectivity index (χ3v) is 2.72. The largest absolute Gasteiger partial charge is 0.198 e. The van der Waals surface area contributed by atoms with E-state index < -0.39 is 0 Å². The molecule has 0 bridgehead atoms. The number of nitrogens with zero attached hydrogens (tertiary/aromatic N) is 1. The lowest BCUT2D eigenvalue weighted by molar-refractivity contribution is 1.26. The van der Waals surface area contributed by atoms with Gasteiger partial charge in [-0.2, -0.15) is 5.26 Å². The van der Waals surface area contributed by atoms with Crippen LogP contribution in [0.25, 0.3) is 11.1 Å². The molecule has 0 saturated heterocycles. The number of nitriles is 1. The predicted molar refractivity (Wildman–Crippen MR) is 65.9 cm³/mol. The second kappa shape index (κ2) is 4.63. The van der Waals surface area contributed by atoms with E-state index in [1.807, 2.05) is 30.3 Å². The number of rotatable bonds is 2. The molecule has 1 heteroatoms. The zero-order valence-electron chi connectivity index (χ0n) is 9.27. The first-order chi connectivity index (χ1) is 7.83. The lowest BCUT2D eigenvalue weighted by Gasteiger charge is -2.09. The lowest BCUT2D eigenvalue weighted by Crippen LogP contribution is -1.89. The topological polar surface area (TPSA) is 23.8 Å². The maximum atomic E-state index is 8.81. The molecule has 0 N–H and O–H groups in total. The van der Waals surface area contributed by atoms with Crippen LogP contribution in [-0.2, 0) is 6.42 Å². The molecule has 78 valence electrons. The first-order valence-corrected chi connectivity index (χ1v) is 5.34. The Morgan fingerprint density at radius 2 is 1.56 bits per heavy atom. The van der Waals surface area contributed by atoms with Crippen LogP contribution in [0.4, 0.5) is 0 Å². The molecule has 2 aromatic rings. The van der Waals surface area contributed by atoms with Crippen LogP contribution in [0.15, 0.2) is 48.5 Å². The number of hydrogen-bond acceptors (Lipinski definition) is 1. The fourth-order valence-electron chi connectivity index (χ4n) is 1.90. The van der Waals surface area contributed by atoms with E-state index in [2.05, 4.69) is 31.2 Å². The summed E-state index contributed by atoms with van der Waals surface area (Å²) in [6.45, 7) is 2.10. The first-order valence-electron chi connectivity index (χ1n) is 5.34. The summed E-state index contributed by atoms with van der Waals surface area (Å²) in [5.41, 5.74) is 4.72. The maximum Gasteiger partial charge on any atom is 0.0669 e. The van der Waals surface area contributed by atoms with Crippen molar-refractivity contribution < 1.29 is 0 Å². The zero-order valence-corrected chi connectivity index (χ0v) is 9.27. The van der Waals surface area contributed by atoms with Gasteiger partial charge in [0.1, 0.15) is 0 Å². The van der Waals surface area contributed by atoms with E-state index in [0.29, 0.717) is 6.42 Å². The highest BCUT2D eigenvalue weighted by atomic mass is 14.2. The van der Waals surface area contributed by atoms with E-state index in [0.717, 1.165) is 5.56 Å². The summed E-state index contributed by atoms with van der Waals surface area (Å²) < 4.78 is 0. The third-order valence-electron chi connectivity index (χ3n) is 2.72. The molecule has 0 unspecified atom stereocenters. The minimum Gasteiger partial charge on any atom is -0.198 e. The van der Waals surface area contributed by atoms with E-state index in [4.69, 9.17) is 5.26 Å². The van der Waals surface area contributed by atoms with Crippen molar-refractivity contribution in [1.29, 1.82) is 5.26 Å². The molecule has 0 aromatic heterocycles. The van der Waals surface area contributed by atoms with Crippen LogP contribution in [0.5, 0.6) is 0 Å². The van der Waals surface area contributed by atoms with Gasteiger partial charge in [0.05, 0.1) is 12.5 Å². The van der Waals surface area contributed by atoms with E-state index in [1.54, 1.807) is 0 Å². The Morgan fingerprint density at radius 1 is 0.938 bits per heavy atom. The lowest BCUT2D eigenvalue weighted by atomic mass is 9.95. The second-order valence-electron chi connectivity index (χ2n) is 3.81. The average Bonchev–Trinajstić information content (AvgIpc) is 2.31. The molecule has 0 amide bonds. The molecule has 0 atom stereocenters. The Labute approximate surface area is 96.0 Å². The monoisotopic (exact) mass is 207 g/mol. The van der Waals surface area contributed by atoms with Gasteiger partial charge in [0.25, 0.3) is 0 Å². The summed E-state index contributed by atoms with van der Waals surface area (Å²) in [7, 11) is 0. The molecule has 0 aliphatic rings. The molecule has 0 fully saturated rings. The van der Waals surface area contributed by atoms with E-state index in [1.165, 1.54) is 16.7 Å². The summed E-state index contributed by atoms with van der Waals surface area (Å²) >= 11 is 0. The molecule has 0 aliphatic carbocycles. The Kier molecular flexibility index (Phi) is 3.03. The fraction of sp³-hybridized carbons (Fsp3) is 0.133. The van der Waals surface area contributed by atoms with Crippen molar-refractivity contribution in [2.24, 2.45) is 0 Å². The Morgan fingerprint density at radius 3 is 2.25 bits per heavy atom. The molecule has 0 saturated carbocycles. The predicted octanol–water partition coefficient (Wildman–Crippen LogP) is 3.73. The SMILES string of the molecule is Cc1ccccc1-c1ccccc1CC#N. The van der Waals surface area contributed by atoms with Crippen molar-refractivity contribution in [2.45, 2.75) is 13.3 Å². The van der Waals surface area contributed by atoms with Crippen LogP contribution in [-0.4, -0.2) is 0 Å². The summed E-state index contributed by atoms with van der Waals surface area (Å²) in [5.74, 6) is 0. The van der Waals surface area contributed by atoms with Crippen LogP contribution in [0.1, 0.15) is 11.1 Å². The van der Waals surface area contributed by atoms with Crippen molar-refractivity contribution in [1.82, 2.24) is 0 Å². The Balaban J connectivity index is 2.57. The van der Waals surface area contributed by atoms with Gasteiger partial charge >= 0.3 is 0 Å². The van der Waals surface area contributed by atoms with Crippen molar-refractivity contribution in [2.75, 3.05) is 0 Å². The van der Waals surface area contributed by atoms with Crippen molar-refractivity contribution in [3.8, 4) is 17.2 Å². The summed E-state index contributed by atoms with van der Waals surface area (Å²) in [6, 6.07) is 18.6. The van der Waals surface area contributed by atoms with Crippen LogP contribution < -0.4 is 0 Å². The van der Waals surface area contributed by atoms with Crippen LogP contribution in [0.3, 0.4) is 0 Å². The molecule has 0 radical (unpaired) electrons. The number of aryl methyl sites for hydroxylation is 1. The highest BCUT2D eigenvalue weighted by Gasteiger charge is 2.05. The number of hydrogen-bond donors (Lipinski definition) is 0. The van der Waals surface area contributed by atoms with Gasteiger partial charge in [0.15, 0.2) is 0 Å². The van der Waals surface area contributed by atoms with Crippen LogP contribution in [0.2, 0.25) is 0 Å². The summed E-state index contributed by atoms with van der Waals surface area (Å²) in [5, 5.41) is 8.81. The van der Waals surface area contributed by atoms with Gasteiger partial charge < -0.3 is 0 Å². The highest BCUT2D eigenvalue weighted by Crippen LogP contribution is 2.26.